The molecule has 10 heteroatoms. The molecule has 2 heterocycles. The highest BCUT2D eigenvalue weighted by atomic mass is 35.5. The van der Waals surface area contributed by atoms with E-state index in [1.165, 1.54) is 0 Å². The van der Waals surface area contributed by atoms with Gasteiger partial charge in [-0.3, -0.25) is 0 Å². The fourth-order valence-electron chi connectivity index (χ4n) is 3.70. The van der Waals surface area contributed by atoms with E-state index in [0.29, 0.717) is 24.6 Å². The zero-order valence-corrected chi connectivity index (χ0v) is 18.1. The van der Waals surface area contributed by atoms with Gasteiger partial charge in [0.05, 0.1) is 6.04 Å². The standard InChI is InChI=1S/C22H22ClN7O2/c1-2-5-17(24)21-25-19(23)18(22(31)32)30(21)12-13-8-10-14(11-9-13)15-6-3-4-7-16(15)20-26-28-29-27-20/h3-4,6-11,17H,2,5,12,24H2,1H3,(H,31,32)(H,26,27,28,29). The number of nitrogens with one attached hydrogen (secondary N) is 1. The Morgan fingerprint density at radius 3 is 2.53 bits per heavy atom. The van der Waals surface area contributed by atoms with E-state index in [-0.39, 0.29) is 10.8 Å². The van der Waals surface area contributed by atoms with Crippen LogP contribution < -0.4 is 5.73 Å². The molecule has 0 fully saturated rings. The van der Waals surface area contributed by atoms with Gasteiger partial charge >= 0.3 is 5.97 Å². The number of nitrogens with zero attached hydrogens (tertiary/aromatic N) is 5. The van der Waals surface area contributed by atoms with Crippen molar-refractivity contribution in [3.63, 3.8) is 0 Å². The van der Waals surface area contributed by atoms with E-state index in [4.69, 9.17) is 17.3 Å². The number of nitrogens with two attached hydrogens (primary N) is 1. The van der Waals surface area contributed by atoms with Gasteiger partial charge in [-0.25, -0.2) is 9.78 Å². The van der Waals surface area contributed by atoms with Crippen molar-refractivity contribution in [1.82, 2.24) is 30.2 Å². The Kier molecular flexibility index (Phi) is 6.29. The second-order valence-corrected chi connectivity index (χ2v) is 7.73. The first-order valence-electron chi connectivity index (χ1n) is 10.2. The van der Waals surface area contributed by atoms with Gasteiger partial charge in [-0.1, -0.05) is 73.5 Å². The first kappa shape index (κ1) is 21.7. The Bertz CT molecular complexity index is 1220. The minimum absolute atomic E-state index is 0.0512. The van der Waals surface area contributed by atoms with Crippen LogP contribution in [0.15, 0.2) is 48.5 Å². The van der Waals surface area contributed by atoms with E-state index in [1.807, 2.05) is 55.5 Å². The molecule has 0 saturated carbocycles. The SMILES string of the molecule is CCCC(N)c1nc(Cl)c(C(=O)O)n1Cc1ccc(-c2ccccc2-c2nn[nH]n2)cc1. The molecule has 0 aliphatic heterocycles. The second-order valence-electron chi connectivity index (χ2n) is 7.37. The Morgan fingerprint density at radius 1 is 1.19 bits per heavy atom. The van der Waals surface area contributed by atoms with Crippen LogP contribution in [0.2, 0.25) is 5.15 Å². The lowest BCUT2D eigenvalue weighted by Crippen LogP contribution is -2.19. The lowest BCUT2D eigenvalue weighted by atomic mass is 9.98. The summed E-state index contributed by atoms with van der Waals surface area (Å²) in [6.45, 7) is 2.30. The Morgan fingerprint density at radius 2 is 1.91 bits per heavy atom. The molecule has 0 amide bonds. The number of aromatic carboxylic acids is 1. The van der Waals surface area contributed by atoms with Crippen LogP contribution >= 0.6 is 11.6 Å². The molecule has 4 N–H and O–H groups in total. The van der Waals surface area contributed by atoms with Gasteiger partial charge in [0, 0.05) is 12.1 Å². The fourth-order valence-corrected chi connectivity index (χ4v) is 3.97. The molecule has 164 valence electrons. The maximum Gasteiger partial charge on any atom is 0.355 e. The number of halogens is 1. The van der Waals surface area contributed by atoms with Crippen LogP contribution in [0.5, 0.6) is 0 Å². The summed E-state index contributed by atoms with van der Waals surface area (Å²) in [5.41, 5.74) is 9.88. The summed E-state index contributed by atoms with van der Waals surface area (Å²) in [4.78, 5) is 16.1. The lowest BCUT2D eigenvalue weighted by molar-refractivity contribution is 0.0685. The molecule has 2 aromatic heterocycles. The first-order valence-corrected chi connectivity index (χ1v) is 10.5. The molecule has 0 bridgehead atoms. The van der Waals surface area contributed by atoms with E-state index < -0.39 is 12.0 Å². The number of carboxylic acid groups (broad SMARTS) is 1. The molecule has 0 radical (unpaired) electrons. The third kappa shape index (κ3) is 4.25. The number of carbonyl (C=O) groups is 1. The largest absolute Gasteiger partial charge is 0.476 e. The van der Waals surface area contributed by atoms with Gasteiger partial charge in [0.2, 0.25) is 5.82 Å². The second kappa shape index (κ2) is 9.29. The van der Waals surface area contributed by atoms with Crippen LogP contribution in [-0.2, 0) is 6.54 Å². The van der Waals surface area contributed by atoms with E-state index in [2.05, 4.69) is 25.6 Å². The third-order valence-electron chi connectivity index (χ3n) is 5.21. The highest BCUT2D eigenvalue weighted by Gasteiger charge is 2.24. The van der Waals surface area contributed by atoms with E-state index in [9.17, 15) is 9.90 Å². The highest BCUT2D eigenvalue weighted by Crippen LogP contribution is 2.30. The number of H-pyrrole nitrogens is 1. The average molecular weight is 452 g/mol. The summed E-state index contributed by atoms with van der Waals surface area (Å²) in [6.07, 6.45) is 1.53. The Balaban J connectivity index is 1.67. The molecule has 2 aromatic carbocycles. The molecule has 0 aliphatic carbocycles. The molecule has 1 unspecified atom stereocenters. The summed E-state index contributed by atoms with van der Waals surface area (Å²) >= 11 is 6.14. The molecule has 4 rings (SSSR count). The topological polar surface area (TPSA) is 136 Å². The molecular formula is C22H22ClN7O2. The van der Waals surface area contributed by atoms with Crippen LogP contribution in [-0.4, -0.2) is 41.3 Å². The minimum Gasteiger partial charge on any atom is -0.476 e. The zero-order chi connectivity index (χ0) is 22.7. The van der Waals surface area contributed by atoms with Gasteiger partial charge < -0.3 is 15.4 Å². The molecule has 4 aromatic rings. The number of carboxylic acids is 1. The van der Waals surface area contributed by atoms with Gasteiger partial charge in [-0.2, -0.15) is 5.21 Å². The predicted octanol–water partition coefficient (Wildman–Crippen LogP) is 3.93. The minimum atomic E-state index is -1.14. The van der Waals surface area contributed by atoms with Crippen molar-refractivity contribution in [3.8, 4) is 22.5 Å². The maximum absolute atomic E-state index is 11.8. The molecule has 0 aliphatic rings. The van der Waals surface area contributed by atoms with Crippen LogP contribution in [0.4, 0.5) is 0 Å². The summed E-state index contributed by atoms with van der Waals surface area (Å²) < 4.78 is 1.59. The van der Waals surface area contributed by atoms with Crippen LogP contribution in [0, 0.1) is 0 Å². The van der Waals surface area contributed by atoms with E-state index in [1.54, 1.807) is 4.57 Å². The normalized spacial score (nSPS) is 12.1. The van der Waals surface area contributed by atoms with Crippen LogP contribution in [0.3, 0.4) is 0 Å². The summed E-state index contributed by atoms with van der Waals surface area (Å²) in [5, 5.41) is 23.9. The van der Waals surface area contributed by atoms with Crippen molar-refractivity contribution < 1.29 is 9.90 Å². The monoisotopic (exact) mass is 451 g/mol. The third-order valence-corrected chi connectivity index (χ3v) is 5.47. The van der Waals surface area contributed by atoms with Crippen molar-refractivity contribution in [2.45, 2.75) is 32.4 Å². The number of aromatic amines is 1. The molecule has 9 nitrogen and oxygen atoms in total. The van der Waals surface area contributed by atoms with Gasteiger partial charge in [-0.15, -0.1) is 10.2 Å². The van der Waals surface area contributed by atoms with Crippen LogP contribution in [0.25, 0.3) is 22.5 Å². The number of tetrazole rings is 1. The average Bonchev–Trinajstić information content (AvgIpc) is 3.43. The number of hydrogen-bond acceptors (Lipinski definition) is 6. The van der Waals surface area contributed by atoms with Crippen LogP contribution in [0.1, 0.15) is 47.7 Å². The number of rotatable bonds is 8. The smallest absolute Gasteiger partial charge is 0.355 e. The predicted molar refractivity (Wildman–Crippen MR) is 120 cm³/mol. The molecule has 32 heavy (non-hydrogen) atoms. The van der Waals surface area contributed by atoms with Gasteiger partial charge in [-0.05, 0) is 28.3 Å². The summed E-state index contributed by atoms with van der Waals surface area (Å²) in [7, 11) is 0. The fraction of sp³-hybridized carbons (Fsp3) is 0.227. The number of hydrogen-bond donors (Lipinski definition) is 3. The first-order chi connectivity index (χ1) is 15.5. The summed E-state index contributed by atoms with van der Waals surface area (Å²) in [5.74, 6) is -0.151. The number of benzene rings is 2. The molecule has 1 atom stereocenters. The number of aromatic nitrogens is 6. The van der Waals surface area contributed by atoms with E-state index >= 15 is 0 Å². The van der Waals surface area contributed by atoms with Gasteiger partial charge in [0.15, 0.2) is 10.8 Å². The van der Waals surface area contributed by atoms with Crippen molar-refractivity contribution in [1.29, 1.82) is 0 Å². The van der Waals surface area contributed by atoms with Gasteiger partial charge in [0.1, 0.15) is 5.82 Å². The molecular weight excluding hydrogens is 430 g/mol. The Hall–Kier alpha value is -3.56. The van der Waals surface area contributed by atoms with Crippen molar-refractivity contribution >= 4 is 17.6 Å². The molecule has 0 spiro atoms. The Labute approximate surface area is 189 Å². The maximum atomic E-state index is 11.8. The highest BCUT2D eigenvalue weighted by molar-refractivity contribution is 6.32. The van der Waals surface area contributed by atoms with Crippen molar-refractivity contribution in [2.75, 3.05) is 0 Å². The van der Waals surface area contributed by atoms with Crippen molar-refractivity contribution in [2.24, 2.45) is 5.73 Å². The van der Waals surface area contributed by atoms with E-state index in [0.717, 1.165) is 28.7 Å². The van der Waals surface area contributed by atoms with Crippen molar-refractivity contribution in [3.05, 3.63) is 70.8 Å². The molecule has 0 saturated heterocycles. The summed E-state index contributed by atoms with van der Waals surface area (Å²) in [6, 6.07) is 15.2. The zero-order valence-electron chi connectivity index (χ0n) is 17.4. The quantitative estimate of drug-likeness (QED) is 0.369. The lowest BCUT2D eigenvalue weighted by Gasteiger charge is -2.15. The number of imidazole rings is 1. The van der Waals surface area contributed by atoms with Gasteiger partial charge in [0.25, 0.3) is 0 Å².